The minimum absolute atomic E-state index is 0.0309. The number of nitrogens with one attached hydrogen (secondary N) is 1. The molecule has 0 aliphatic carbocycles. The first-order valence-electron chi connectivity index (χ1n) is 5.96. The van der Waals surface area contributed by atoms with Crippen LogP contribution >= 0.6 is 0 Å². The Morgan fingerprint density at radius 3 is 2.48 bits per heavy atom. The van der Waals surface area contributed by atoms with Gasteiger partial charge in [0.2, 0.25) is 15.9 Å². The van der Waals surface area contributed by atoms with E-state index in [1.165, 1.54) is 19.2 Å². The Labute approximate surface area is 122 Å². The highest BCUT2D eigenvalue weighted by Gasteiger charge is 2.24. The Bertz CT molecular complexity index is 656. The largest absolute Gasteiger partial charge is 0.496 e. The summed E-state index contributed by atoms with van der Waals surface area (Å²) in [7, 11) is -2.80. The van der Waals surface area contributed by atoms with Crippen LogP contribution in [0.1, 0.15) is 23.7 Å². The van der Waals surface area contributed by atoms with E-state index in [0.29, 0.717) is 0 Å². The van der Waals surface area contributed by atoms with Crippen molar-refractivity contribution in [2.45, 2.75) is 24.3 Å². The number of rotatable bonds is 7. The van der Waals surface area contributed by atoms with E-state index in [-0.39, 0.29) is 22.6 Å². The average Bonchev–Trinajstić information content (AvgIpc) is 2.43. The monoisotopic (exact) mass is 316 g/mol. The van der Waals surface area contributed by atoms with Crippen molar-refractivity contribution in [3.8, 4) is 5.75 Å². The van der Waals surface area contributed by atoms with Crippen LogP contribution < -0.4 is 15.2 Å². The molecule has 8 nitrogen and oxygen atoms in total. The van der Waals surface area contributed by atoms with Crippen molar-refractivity contribution in [1.29, 1.82) is 0 Å². The van der Waals surface area contributed by atoms with E-state index in [9.17, 15) is 18.0 Å². The second kappa shape index (κ2) is 6.55. The summed E-state index contributed by atoms with van der Waals surface area (Å²) >= 11 is 0. The van der Waals surface area contributed by atoms with Gasteiger partial charge in [0.25, 0.3) is 0 Å². The Hall–Kier alpha value is -2.13. The summed E-state index contributed by atoms with van der Waals surface area (Å²) < 4.78 is 31.2. The van der Waals surface area contributed by atoms with Crippen molar-refractivity contribution in [2.75, 3.05) is 7.11 Å². The van der Waals surface area contributed by atoms with E-state index in [0.717, 1.165) is 6.07 Å². The number of carbonyl (C=O) groups excluding carboxylic acids is 1. The van der Waals surface area contributed by atoms with Crippen molar-refractivity contribution in [3.63, 3.8) is 0 Å². The molecule has 0 bridgehead atoms. The van der Waals surface area contributed by atoms with Gasteiger partial charge in [-0.15, -0.1) is 0 Å². The molecule has 1 amide bonds. The molecule has 4 N–H and O–H groups in total. The van der Waals surface area contributed by atoms with E-state index < -0.39 is 27.9 Å². The summed E-state index contributed by atoms with van der Waals surface area (Å²) in [6, 6.07) is 2.30. The van der Waals surface area contributed by atoms with Gasteiger partial charge in [-0.1, -0.05) is 6.92 Å². The molecule has 0 aromatic heterocycles. The number of primary amides is 1. The number of amides is 1. The van der Waals surface area contributed by atoms with Gasteiger partial charge >= 0.3 is 5.97 Å². The highest BCUT2D eigenvalue weighted by atomic mass is 32.2. The second-order valence-electron chi connectivity index (χ2n) is 4.15. The number of carbonyl (C=O) groups is 2. The van der Waals surface area contributed by atoms with Gasteiger partial charge < -0.3 is 15.6 Å². The normalized spacial score (nSPS) is 12.7. The Balaban J connectivity index is 3.23. The Morgan fingerprint density at radius 2 is 2.05 bits per heavy atom. The molecule has 116 valence electrons. The molecule has 9 heteroatoms. The number of sulfonamides is 1. The third kappa shape index (κ3) is 3.92. The molecule has 0 unspecified atom stereocenters. The van der Waals surface area contributed by atoms with E-state index >= 15 is 0 Å². The molecular formula is C12H16N2O6S. The maximum Gasteiger partial charge on any atom is 0.339 e. The maximum atomic E-state index is 12.1. The van der Waals surface area contributed by atoms with Crippen molar-refractivity contribution >= 4 is 21.9 Å². The number of hydrogen-bond acceptors (Lipinski definition) is 5. The number of ether oxygens (including phenoxy) is 1. The summed E-state index contributed by atoms with van der Waals surface area (Å²) in [6.07, 6.45) is 0.177. The number of nitrogens with two attached hydrogens (primary N) is 1. The number of benzene rings is 1. The highest BCUT2D eigenvalue weighted by Crippen LogP contribution is 2.22. The quantitative estimate of drug-likeness (QED) is 0.644. The van der Waals surface area contributed by atoms with Crippen LogP contribution in [0, 0.1) is 0 Å². The fourth-order valence-corrected chi connectivity index (χ4v) is 2.93. The van der Waals surface area contributed by atoms with Gasteiger partial charge in [0, 0.05) is 0 Å². The number of aromatic carboxylic acids is 1. The van der Waals surface area contributed by atoms with Crippen LogP contribution in [0.2, 0.25) is 0 Å². The van der Waals surface area contributed by atoms with Crippen molar-refractivity contribution in [3.05, 3.63) is 23.8 Å². The lowest BCUT2D eigenvalue weighted by atomic mass is 10.2. The van der Waals surface area contributed by atoms with Gasteiger partial charge in [-0.05, 0) is 24.6 Å². The van der Waals surface area contributed by atoms with Crippen LogP contribution in [-0.4, -0.2) is 38.6 Å². The Kier molecular flexibility index (Phi) is 5.28. The van der Waals surface area contributed by atoms with E-state index in [1.54, 1.807) is 6.92 Å². The SMILES string of the molecule is CC[C@@H](NS(=O)(=O)c1ccc(OC)c(C(=O)O)c1)C(N)=O. The molecular weight excluding hydrogens is 300 g/mol. The molecule has 0 fully saturated rings. The van der Waals surface area contributed by atoms with Crippen LogP contribution in [0.3, 0.4) is 0 Å². The fraction of sp³-hybridized carbons (Fsp3) is 0.333. The standard InChI is InChI=1S/C12H16N2O6S/c1-3-9(11(13)15)14-21(18,19)7-4-5-10(20-2)8(6-7)12(16)17/h4-6,9,14H,3H2,1-2H3,(H2,13,15)(H,16,17)/t9-/m1/s1. The first-order chi connectivity index (χ1) is 9.72. The molecule has 0 radical (unpaired) electrons. The molecule has 0 spiro atoms. The minimum atomic E-state index is -4.07. The number of hydrogen-bond donors (Lipinski definition) is 3. The summed E-state index contributed by atoms with van der Waals surface area (Å²) in [5.74, 6) is -2.11. The first kappa shape index (κ1) is 16.9. The smallest absolute Gasteiger partial charge is 0.339 e. The lowest BCUT2D eigenvalue weighted by Gasteiger charge is -2.14. The molecule has 1 rings (SSSR count). The van der Waals surface area contributed by atoms with Gasteiger partial charge in [-0.2, -0.15) is 4.72 Å². The molecule has 1 aromatic carbocycles. The zero-order chi connectivity index (χ0) is 16.2. The molecule has 0 aliphatic heterocycles. The molecule has 0 saturated carbocycles. The lowest BCUT2D eigenvalue weighted by Crippen LogP contribution is -2.43. The maximum absolute atomic E-state index is 12.1. The molecule has 21 heavy (non-hydrogen) atoms. The summed E-state index contributed by atoms with van der Waals surface area (Å²) in [4.78, 5) is 21.9. The number of carboxylic acids is 1. The summed E-state index contributed by atoms with van der Waals surface area (Å²) in [6.45, 7) is 1.59. The topological polar surface area (TPSA) is 136 Å². The van der Waals surface area contributed by atoms with Crippen LogP contribution in [0.25, 0.3) is 0 Å². The highest BCUT2D eigenvalue weighted by molar-refractivity contribution is 7.89. The zero-order valence-electron chi connectivity index (χ0n) is 11.5. The van der Waals surface area contributed by atoms with E-state index in [1.807, 2.05) is 0 Å². The molecule has 0 saturated heterocycles. The van der Waals surface area contributed by atoms with Gasteiger partial charge in [-0.3, -0.25) is 4.79 Å². The van der Waals surface area contributed by atoms with Crippen molar-refractivity contribution < 1.29 is 27.9 Å². The van der Waals surface area contributed by atoms with Crippen molar-refractivity contribution in [1.82, 2.24) is 4.72 Å². The number of carboxylic acid groups (broad SMARTS) is 1. The van der Waals surface area contributed by atoms with E-state index in [4.69, 9.17) is 15.6 Å². The predicted molar refractivity (Wildman–Crippen MR) is 73.5 cm³/mol. The summed E-state index contributed by atoms with van der Waals surface area (Å²) in [5.41, 5.74) is 4.78. The molecule has 1 aromatic rings. The van der Waals surface area contributed by atoms with Crippen LogP contribution in [0.15, 0.2) is 23.1 Å². The predicted octanol–water partition coefficient (Wildman–Crippen LogP) is -0.0644. The van der Waals surface area contributed by atoms with Gasteiger partial charge in [0.1, 0.15) is 17.4 Å². The third-order valence-corrected chi connectivity index (χ3v) is 4.23. The average molecular weight is 316 g/mol. The van der Waals surface area contributed by atoms with Gasteiger partial charge in [0.05, 0.1) is 12.0 Å². The molecule has 1 atom stereocenters. The third-order valence-electron chi connectivity index (χ3n) is 2.76. The van der Waals surface area contributed by atoms with E-state index in [2.05, 4.69) is 4.72 Å². The second-order valence-corrected chi connectivity index (χ2v) is 5.87. The van der Waals surface area contributed by atoms with Crippen molar-refractivity contribution in [2.24, 2.45) is 5.73 Å². The van der Waals surface area contributed by atoms with Crippen LogP contribution in [0.5, 0.6) is 5.75 Å². The molecule has 0 heterocycles. The Morgan fingerprint density at radius 1 is 1.43 bits per heavy atom. The lowest BCUT2D eigenvalue weighted by molar-refractivity contribution is -0.119. The van der Waals surface area contributed by atoms with Gasteiger partial charge in [0.15, 0.2) is 0 Å². The van der Waals surface area contributed by atoms with Gasteiger partial charge in [-0.25, -0.2) is 13.2 Å². The zero-order valence-corrected chi connectivity index (χ0v) is 12.3. The fourth-order valence-electron chi connectivity index (χ4n) is 1.62. The minimum Gasteiger partial charge on any atom is -0.496 e. The summed E-state index contributed by atoms with van der Waals surface area (Å²) in [5, 5.41) is 9.03. The molecule has 0 aliphatic rings. The first-order valence-corrected chi connectivity index (χ1v) is 7.44. The number of methoxy groups -OCH3 is 1. The van der Waals surface area contributed by atoms with Crippen LogP contribution in [0.4, 0.5) is 0 Å². The van der Waals surface area contributed by atoms with Crippen LogP contribution in [-0.2, 0) is 14.8 Å².